The standard InChI is InChI=1S/C11H12Cl2N2O2S/c1-14-11(17)15-10(16)4-5-18-9-6-7(12)2-3-8(9)13/h2-3,6H,4-5H2,1H3,(H2,14,15,16,17). The molecule has 0 aliphatic rings. The number of hydrogen-bond donors (Lipinski definition) is 2. The molecule has 3 amide bonds. The van der Waals surface area contributed by atoms with E-state index in [0.29, 0.717) is 15.8 Å². The van der Waals surface area contributed by atoms with Crippen molar-refractivity contribution in [2.24, 2.45) is 0 Å². The van der Waals surface area contributed by atoms with Gasteiger partial charge in [-0.25, -0.2) is 4.79 Å². The van der Waals surface area contributed by atoms with E-state index in [2.05, 4.69) is 10.6 Å². The van der Waals surface area contributed by atoms with Crippen molar-refractivity contribution in [3.05, 3.63) is 28.2 Å². The fourth-order valence-corrected chi connectivity index (χ4v) is 2.53. The molecule has 1 aromatic carbocycles. The molecule has 0 radical (unpaired) electrons. The first-order valence-corrected chi connectivity index (χ1v) is 6.86. The van der Waals surface area contributed by atoms with Crippen LogP contribution in [0, 0.1) is 0 Å². The van der Waals surface area contributed by atoms with E-state index in [1.165, 1.54) is 18.8 Å². The number of urea groups is 1. The fourth-order valence-electron chi connectivity index (χ4n) is 1.09. The van der Waals surface area contributed by atoms with Crippen molar-refractivity contribution in [3.63, 3.8) is 0 Å². The van der Waals surface area contributed by atoms with Gasteiger partial charge >= 0.3 is 6.03 Å². The minimum atomic E-state index is -0.509. The summed E-state index contributed by atoms with van der Waals surface area (Å²) in [5, 5.41) is 5.67. The molecule has 0 aliphatic heterocycles. The van der Waals surface area contributed by atoms with Crippen LogP contribution in [0.4, 0.5) is 4.79 Å². The van der Waals surface area contributed by atoms with Gasteiger partial charge in [0.25, 0.3) is 0 Å². The lowest BCUT2D eigenvalue weighted by atomic mass is 10.4. The maximum Gasteiger partial charge on any atom is 0.321 e. The first-order chi connectivity index (χ1) is 8.52. The average molecular weight is 307 g/mol. The van der Waals surface area contributed by atoms with Gasteiger partial charge in [-0.15, -0.1) is 11.8 Å². The van der Waals surface area contributed by atoms with Crippen molar-refractivity contribution in [2.75, 3.05) is 12.8 Å². The summed E-state index contributed by atoms with van der Waals surface area (Å²) < 4.78 is 0. The van der Waals surface area contributed by atoms with E-state index in [1.807, 2.05) is 0 Å². The monoisotopic (exact) mass is 306 g/mol. The Balaban J connectivity index is 2.39. The van der Waals surface area contributed by atoms with E-state index >= 15 is 0 Å². The van der Waals surface area contributed by atoms with Gasteiger partial charge in [0.05, 0.1) is 5.02 Å². The van der Waals surface area contributed by atoms with Gasteiger partial charge in [0.15, 0.2) is 0 Å². The van der Waals surface area contributed by atoms with E-state index < -0.39 is 6.03 Å². The van der Waals surface area contributed by atoms with Gasteiger partial charge in [-0.05, 0) is 18.2 Å². The van der Waals surface area contributed by atoms with Crippen LogP contribution < -0.4 is 10.6 Å². The highest BCUT2D eigenvalue weighted by Gasteiger charge is 2.07. The van der Waals surface area contributed by atoms with Crippen molar-refractivity contribution < 1.29 is 9.59 Å². The summed E-state index contributed by atoms with van der Waals surface area (Å²) in [4.78, 5) is 23.0. The van der Waals surface area contributed by atoms with Crippen LogP contribution in [0.15, 0.2) is 23.1 Å². The average Bonchev–Trinajstić information content (AvgIpc) is 2.33. The molecule has 4 nitrogen and oxygen atoms in total. The van der Waals surface area contributed by atoms with Crippen LogP contribution in [0.1, 0.15) is 6.42 Å². The molecule has 1 rings (SSSR count). The maximum atomic E-state index is 11.3. The molecule has 1 aromatic rings. The van der Waals surface area contributed by atoms with E-state index in [-0.39, 0.29) is 12.3 Å². The Morgan fingerprint density at radius 1 is 1.33 bits per heavy atom. The van der Waals surface area contributed by atoms with Gasteiger partial charge in [0.2, 0.25) is 5.91 Å². The lowest BCUT2D eigenvalue weighted by Gasteiger charge is -2.05. The van der Waals surface area contributed by atoms with Crippen molar-refractivity contribution in [2.45, 2.75) is 11.3 Å². The van der Waals surface area contributed by atoms with Gasteiger partial charge in [-0.2, -0.15) is 0 Å². The number of hydrogen-bond acceptors (Lipinski definition) is 3. The van der Waals surface area contributed by atoms with Crippen molar-refractivity contribution in [1.29, 1.82) is 0 Å². The Bertz CT molecular complexity index is 455. The molecule has 0 aliphatic carbocycles. The SMILES string of the molecule is CNC(=O)NC(=O)CCSc1cc(Cl)ccc1Cl. The molecule has 0 bridgehead atoms. The number of imide groups is 1. The predicted molar refractivity (Wildman–Crippen MR) is 74.4 cm³/mol. The largest absolute Gasteiger partial charge is 0.341 e. The molecule has 18 heavy (non-hydrogen) atoms. The second-order valence-electron chi connectivity index (χ2n) is 3.30. The summed E-state index contributed by atoms with van der Waals surface area (Å²) in [6, 6.07) is 4.64. The smallest absolute Gasteiger partial charge is 0.321 e. The molecule has 0 fully saturated rings. The van der Waals surface area contributed by atoms with Gasteiger partial charge in [-0.1, -0.05) is 23.2 Å². The van der Waals surface area contributed by atoms with Crippen molar-refractivity contribution in [3.8, 4) is 0 Å². The molecular formula is C11H12Cl2N2O2S. The molecule has 0 atom stereocenters. The van der Waals surface area contributed by atoms with Gasteiger partial charge < -0.3 is 5.32 Å². The number of rotatable bonds is 4. The second-order valence-corrected chi connectivity index (χ2v) is 5.28. The van der Waals surface area contributed by atoms with E-state index in [1.54, 1.807) is 18.2 Å². The zero-order chi connectivity index (χ0) is 13.5. The zero-order valence-corrected chi connectivity index (χ0v) is 12.0. The molecular weight excluding hydrogens is 295 g/mol. The molecule has 2 N–H and O–H groups in total. The molecule has 0 saturated heterocycles. The molecule has 7 heteroatoms. The Hall–Kier alpha value is -0.910. The number of thioether (sulfide) groups is 1. The van der Waals surface area contributed by atoms with Crippen LogP contribution in [0.2, 0.25) is 10.0 Å². The Kier molecular flexibility index (Phi) is 6.32. The van der Waals surface area contributed by atoms with Crippen LogP contribution in [0.5, 0.6) is 0 Å². The lowest BCUT2D eigenvalue weighted by Crippen LogP contribution is -2.37. The van der Waals surface area contributed by atoms with Crippen LogP contribution >= 0.6 is 35.0 Å². The summed E-state index contributed by atoms with van der Waals surface area (Å²) >= 11 is 13.2. The third-order valence-electron chi connectivity index (χ3n) is 1.96. The summed E-state index contributed by atoms with van der Waals surface area (Å²) in [7, 11) is 1.45. The number of benzene rings is 1. The number of carbonyl (C=O) groups excluding carboxylic acids is 2. The quantitative estimate of drug-likeness (QED) is 0.841. The minimum absolute atomic E-state index is 0.223. The third-order valence-corrected chi connectivity index (χ3v) is 3.69. The Labute approximate surface area is 119 Å². The summed E-state index contributed by atoms with van der Waals surface area (Å²) in [5.74, 6) is 0.183. The molecule has 0 unspecified atom stereocenters. The number of amides is 3. The van der Waals surface area contributed by atoms with Gasteiger partial charge in [-0.3, -0.25) is 10.1 Å². The normalized spacial score (nSPS) is 9.94. The van der Waals surface area contributed by atoms with Crippen LogP contribution in [0.3, 0.4) is 0 Å². The molecule has 0 spiro atoms. The highest BCUT2D eigenvalue weighted by Crippen LogP contribution is 2.30. The van der Waals surface area contributed by atoms with Crippen LogP contribution in [-0.4, -0.2) is 24.7 Å². The summed E-state index contributed by atoms with van der Waals surface area (Å²) in [6.45, 7) is 0. The van der Waals surface area contributed by atoms with E-state index in [4.69, 9.17) is 23.2 Å². The number of halogens is 2. The summed E-state index contributed by atoms with van der Waals surface area (Å²) in [6.07, 6.45) is 0.223. The van der Waals surface area contributed by atoms with Crippen molar-refractivity contribution >= 4 is 46.9 Å². The zero-order valence-electron chi connectivity index (χ0n) is 9.63. The van der Waals surface area contributed by atoms with Crippen LogP contribution in [0.25, 0.3) is 0 Å². The molecule has 0 aromatic heterocycles. The minimum Gasteiger partial charge on any atom is -0.341 e. The molecule has 0 saturated carbocycles. The summed E-state index contributed by atoms with van der Waals surface area (Å²) in [5.41, 5.74) is 0. The Morgan fingerprint density at radius 2 is 2.06 bits per heavy atom. The highest BCUT2D eigenvalue weighted by molar-refractivity contribution is 7.99. The van der Waals surface area contributed by atoms with E-state index in [0.717, 1.165) is 4.90 Å². The predicted octanol–water partition coefficient (Wildman–Crippen LogP) is 2.93. The Morgan fingerprint density at radius 3 is 2.72 bits per heavy atom. The molecule has 98 valence electrons. The first kappa shape index (κ1) is 15.1. The van der Waals surface area contributed by atoms with E-state index in [9.17, 15) is 9.59 Å². The van der Waals surface area contributed by atoms with Crippen LogP contribution in [-0.2, 0) is 4.79 Å². The van der Waals surface area contributed by atoms with Gasteiger partial charge in [0, 0.05) is 29.1 Å². The fraction of sp³-hybridized carbons (Fsp3) is 0.273. The topological polar surface area (TPSA) is 58.2 Å². The van der Waals surface area contributed by atoms with Gasteiger partial charge in [0.1, 0.15) is 0 Å². The number of nitrogens with one attached hydrogen (secondary N) is 2. The lowest BCUT2D eigenvalue weighted by molar-refractivity contribution is -0.119. The highest BCUT2D eigenvalue weighted by atomic mass is 35.5. The van der Waals surface area contributed by atoms with Crippen molar-refractivity contribution in [1.82, 2.24) is 10.6 Å². The second kappa shape index (κ2) is 7.51. The molecule has 0 heterocycles. The maximum absolute atomic E-state index is 11.3. The third kappa shape index (κ3) is 5.16. The number of carbonyl (C=O) groups is 2. The first-order valence-electron chi connectivity index (χ1n) is 5.12.